The predicted molar refractivity (Wildman–Crippen MR) is 68.9 cm³/mol. The van der Waals surface area contributed by atoms with E-state index in [-0.39, 0.29) is 18.3 Å². The Labute approximate surface area is 105 Å². The van der Waals surface area contributed by atoms with Gasteiger partial charge in [-0.1, -0.05) is 13.8 Å². The standard InChI is InChI=1S/C11H21NO3.C2H6/c1-8(2)15-11(14)12-6-4-10(5-7-12)9(3)13;1-2/h8-10,13H,4-7H2,1-3H3;1-2H3. The second-order valence-electron chi connectivity index (χ2n) is 4.50. The van der Waals surface area contributed by atoms with Crippen LogP contribution in [0.2, 0.25) is 0 Å². The van der Waals surface area contributed by atoms with Crippen molar-refractivity contribution in [3.8, 4) is 0 Å². The molecule has 0 saturated carbocycles. The fraction of sp³-hybridized carbons (Fsp3) is 0.923. The molecule has 1 fully saturated rings. The van der Waals surface area contributed by atoms with E-state index in [0.29, 0.717) is 19.0 Å². The van der Waals surface area contributed by atoms with Crippen LogP contribution >= 0.6 is 0 Å². The van der Waals surface area contributed by atoms with Crippen molar-refractivity contribution in [3.63, 3.8) is 0 Å². The van der Waals surface area contributed by atoms with Gasteiger partial charge in [-0.2, -0.15) is 0 Å². The number of likely N-dealkylation sites (tertiary alicyclic amines) is 1. The van der Waals surface area contributed by atoms with Gasteiger partial charge in [0.2, 0.25) is 0 Å². The number of carbonyl (C=O) groups is 1. The highest BCUT2D eigenvalue weighted by Gasteiger charge is 2.26. The molecule has 0 bridgehead atoms. The van der Waals surface area contributed by atoms with Gasteiger partial charge in [0.1, 0.15) is 0 Å². The molecule has 1 amide bonds. The van der Waals surface area contributed by atoms with Crippen LogP contribution in [0.25, 0.3) is 0 Å². The topological polar surface area (TPSA) is 49.8 Å². The van der Waals surface area contributed by atoms with Crippen molar-refractivity contribution in [2.75, 3.05) is 13.1 Å². The molecule has 0 spiro atoms. The molecule has 17 heavy (non-hydrogen) atoms. The van der Waals surface area contributed by atoms with Crippen molar-refractivity contribution < 1.29 is 14.6 Å². The molecule has 0 aliphatic carbocycles. The molecule has 1 aliphatic heterocycles. The first-order chi connectivity index (χ1) is 8.00. The molecule has 4 nitrogen and oxygen atoms in total. The van der Waals surface area contributed by atoms with E-state index in [9.17, 15) is 9.90 Å². The second kappa shape index (κ2) is 8.34. The molecule has 1 rings (SSSR count). The summed E-state index contributed by atoms with van der Waals surface area (Å²) in [7, 11) is 0. The molecule has 0 aromatic carbocycles. The third-order valence-electron chi connectivity index (χ3n) is 2.82. The number of carbonyl (C=O) groups excluding carboxylic acids is 1. The number of piperidine rings is 1. The van der Waals surface area contributed by atoms with Gasteiger partial charge in [0.05, 0.1) is 12.2 Å². The molecular weight excluding hydrogens is 218 g/mol. The summed E-state index contributed by atoms with van der Waals surface area (Å²) < 4.78 is 5.11. The fourth-order valence-electron chi connectivity index (χ4n) is 1.84. The fourth-order valence-corrected chi connectivity index (χ4v) is 1.84. The summed E-state index contributed by atoms with van der Waals surface area (Å²) in [5.41, 5.74) is 0. The summed E-state index contributed by atoms with van der Waals surface area (Å²) in [6, 6.07) is 0. The quantitative estimate of drug-likeness (QED) is 0.813. The maximum absolute atomic E-state index is 11.5. The molecule has 0 aromatic rings. The largest absolute Gasteiger partial charge is 0.447 e. The zero-order valence-electron chi connectivity index (χ0n) is 11.8. The van der Waals surface area contributed by atoms with Gasteiger partial charge in [-0.15, -0.1) is 0 Å². The number of hydrogen-bond donors (Lipinski definition) is 1. The highest BCUT2D eigenvalue weighted by atomic mass is 16.6. The van der Waals surface area contributed by atoms with E-state index in [0.717, 1.165) is 12.8 Å². The first kappa shape index (κ1) is 16.2. The maximum atomic E-state index is 11.5. The Morgan fingerprint density at radius 1 is 1.24 bits per heavy atom. The number of aliphatic hydroxyl groups excluding tert-OH is 1. The molecule has 0 aromatic heterocycles. The van der Waals surface area contributed by atoms with Crippen LogP contribution in [0.15, 0.2) is 0 Å². The van der Waals surface area contributed by atoms with Crippen molar-refractivity contribution in [3.05, 3.63) is 0 Å². The van der Waals surface area contributed by atoms with Crippen LogP contribution in [0.1, 0.15) is 47.5 Å². The van der Waals surface area contributed by atoms with Crippen LogP contribution in [0.4, 0.5) is 4.79 Å². The molecule has 4 heteroatoms. The van der Waals surface area contributed by atoms with Crippen molar-refractivity contribution in [1.82, 2.24) is 4.90 Å². The summed E-state index contributed by atoms with van der Waals surface area (Å²) in [5.74, 6) is 0.327. The molecule has 0 radical (unpaired) electrons. The Morgan fingerprint density at radius 3 is 2.06 bits per heavy atom. The van der Waals surface area contributed by atoms with Gasteiger partial charge in [0.15, 0.2) is 0 Å². The SMILES string of the molecule is CC.CC(C)OC(=O)N1CCC(C(C)O)CC1. The molecule has 1 aliphatic rings. The Bertz CT molecular complexity index is 209. The number of nitrogens with zero attached hydrogens (tertiary/aromatic N) is 1. The first-order valence-electron chi connectivity index (χ1n) is 6.64. The zero-order chi connectivity index (χ0) is 13.4. The van der Waals surface area contributed by atoms with Crippen LogP contribution in [0, 0.1) is 5.92 Å². The molecular formula is C13H27NO3. The lowest BCUT2D eigenvalue weighted by atomic mass is 9.92. The van der Waals surface area contributed by atoms with Gasteiger partial charge in [0.25, 0.3) is 0 Å². The van der Waals surface area contributed by atoms with Gasteiger partial charge >= 0.3 is 6.09 Å². The van der Waals surface area contributed by atoms with Gasteiger partial charge in [0, 0.05) is 13.1 Å². The normalized spacial score (nSPS) is 18.4. The number of amides is 1. The summed E-state index contributed by atoms with van der Waals surface area (Å²) in [6.07, 6.45) is 1.17. The average molecular weight is 245 g/mol. The highest BCUT2D eigenvalue weighted by Crippen LogP contribution is 2.21. The van der Waals surface area contributed by atoms with E-state index < -0.39 is 0 Å². The molecule has 102 valence electrons. The van der Waals surface area contributed by atoms with E-state index in [4.69, 9.17) is 4.74 Å². The van der Waals surface area contributed by atoms with Crippen LogP contribution < -0.4 is 0 Å². The van der Waals surface area contributed by atoms with Gasteiger partial charge in [-0.25, -0.2) is 4.79 Å². The van der Waals surface area contributed by atoms with E-state index in [2.05, 4.69) is 0 Å². The Balaban J connectivity index is 0.00000121. The molecule has 1 heterocycles. The van der Waals surface area contributed by atoms with Gasteiger partial charge in [-0.05, 0) is 39.5 Å². The lowest BCUT2D eigenvalue weighted by Crippen LogP contribution is -2.41. The van der Waals surface area contributed by atoms with Crippen molar-refractivity contribution in [2.24, 2.45) is 5.92 Å². The third kappa shape index (κ3) is 5.91. The van der Waals surface area contributed by atoms with Gasteiger partial charge < -0.3 is 14.7 Å². The third-order valence-corrected chi connectivity index (χ3v) is 2.82. The van der Waals surface area contributed by atoms with Crippen LogP contribution in [-0.4, -0.2) is 41.4 Å². The average Bonchev–Trinajstić information content (AvgIpc) is 2.31. The predicted octanol–water partition coefficient (Wildman–Crippen LogP) is 2.65. The monoisotopic (exact) mass is 245 g/mol. The molecule has 1 saturated heterocycles. The minimum atomic E-state index is -0.270. The van der Waals surface area contributed by atoms with E-state index >= 15 is 0 Å². The lowest BCUT2D eigenvalue weighted by Gasteiger charge is -2.32. The van der Waals surface area contributed by atoms with E-state index in [1.54, 1.807) is 4.90 Å². The maximum Gasteiger partial charge on any atom is 0.410 e. The highest BCUT2D eigenvalue weighted by molar-refractivity contribution is 5.67. The van der Waals surface area contributed by atoms with Gasteiger partial charge in [-0.3, -0.25) is 0 Å². The van der Waals surface area contributed by atoms with Crippen molar-refractivity contribution >= 4 is 6.09 Å². The Hall–Kier alpha value is -0.770. The second-order valence-corrected chi connectivity index (χ2v) is 4.50. The van der Waals surface area contributed by atoms with Crippen LogP contribution in [0.3, 0.4) is 0 Å². The molecule has 1 N–H and O–H groups in total. The zero-order valence-corrected chi connectivity index (χ0v) is 11.8. The summed E-state index contributed by atoms with van der Waals surface area (Å²) in [6.45, 7) is 10.9. The first-order valence-corrected chi connectivity index (χ1v) is 6.64. The molecule has 1 atom stereocenters. The van der Waals surface area contributed by atoms with E-state index in [1.807, 2.05) is 34.6 Å². The number of aliphatic hydroxyl groups is 1. The Kier molecular flexibility index (Phi) is 7.96. The van der Waals surface area contributed by atoms with Crippen molar-refractivity contribution in [1.29, 1.82) is 0 Å². The van der Waals surface area contributed by atoms with Crippen LogP contribution in [-0.2, 0) is 4.74 Å². The smallest absolute Gasteiger partial charge is 0.410 e. The number of ether oxygens (including phenoxy) is 1. The van der Waals surface area contributed by atoms with Crippen molar-refractivity contribution in [2.45, 2.75) is 59.7 Å². The summed E-state index contributed by atoms with van der Waals surface area (Å²) in [4.78, 5) is 13.2. The lowest BCUT2D eigenvalue weighted by molar-refractivity contribution is 0.0436. The number of hydrogen-bond acceptors (Lipinski definition) is 3. The van der Waals surface area contributed by atoms with E-state index in [1.165, 1.54) is 0 Å². The minimum absolute atomic E-state index is 0.0630. The summed E-state index contributed by atoms with van der Waals surface area (Å²) >= 11 is 0. The van der Waals surface area contributed by atoms with Crippen LogP contribution in [0.5, 0.6) is 0 Å². The Morgan fingerprint density at radius 2 is 1.71 bits per heavy atom. The minimum Gasteiger partial charge on any atom is -0.447 e. The number of rotatable bonds is 2. The summed E-state index contributed by atoms with van der Waals surface area (Å²) in [5, 5.41) is 9.41. The molecule has 1 unspecified atom stereocenters.